The zero-order valence-corrected chi connectivity index (χ0v) is 22.4. The number of ether oxygens (including phenoxy) is 3. The summed E-state index contributed by atoms with van der Waals surface area (Å²) < 4.78 is 15.1. The van der Waals surface area contributed by atoms with Crippen molar-refractivity contribution in [2.45, 2.75) is 96.9 Å². The van der Waals surface area contributed by atoms with Crippen molar-refractivity contribution in [3.05, 3.63) is 35.4 Å². The molecule has 0 fully saturated rings. The van der Waals surface area contributed by atoms with Crippen LogP contribution in [0.2, 0.25) is 0 Å². The normalized spacial score (nSPS) is 12.3. The highest BCUT2D eigenvalue weighted by atomic mass is 16.5. The number of rotatable bonds is 18. The van der Waals surface area contributed by atoms with E-state index in [4.69, 9.17) is 14.2 Å². The summed E-state index contributed by atoms with van der Waals surface area (Å²) in [5.74, 6) is -0.776. The summed E-state index contributed by atoms with van der Waals surface area (Å²) in [4.78, 5) is 47.3. The molecule has 0 spiro atoms. The van der Waals surface area contributed by atoms with Crippen molar-refractivity contribution >= 4 is 23.8 Å². The molecule has 0 saturated heterocycles. The lowest BCUT2D eigenvalue weighted by molar-refractivity contribution is -0.146. The van der Waals surface area contributed by atoms with Gasteiger partial charge in [-0.2, -0.15) is 0 Å². The molecule has 1 unspecified atom stereocenters. The number of ketones is 1. The fraction of sp³-hybridized carbons (Fsp3) is 0.643. The number of amides is 1. The number of hydrogen-bond donors (Lipinski definition) is 1. The Morgan fingerprint density at radius 2 is 1.44 bits per heavy atom. The minimum absolute atomic E-state index is 0.0482. The number of aryl methyl sites for hydroxylation is 1. The Hall–Kier alpha value is -2.90. The van der Waals surface area contributed by atoms with Crippen LogP contribution < -0.4 is 5.32 Å². The first-order valence-electron chi connectivity index (χ1n) is 13.0. The highest BCUT2D eigenvalue weighted by Gasteiger charge is 2.34. The second-order valence-electron chi connectivity index (χ2n) is 9.26. The third-order valence-electron chi connectivity index (χ3n) is 6.17. The van der Waals surface area contributed by atoms with E-state index in [-0.39, 0.29) is 25.4 Å². The van der Waals surface area contributed by atoms with Crippen molar-refractivity contribution in [1.82, 2.24) is 5.32 Å². The second-order valence-corrected chi connectivity index (χ2v) is 9.26. The van der Waals surface area contributed by atoms with Gasteiger partial charge in [0, 0.05) is 32.3 Å². The fourth-order valence-corrected chi connectivity index (χ4v) is 3.96. The molecule has 0 radical (unpaired) electrons. The van der Waals surface area contributed by atoms with E-state index in [0.29, 0.717) is 24.8 Å². The van der Waals surface area contributed by atoms with Gasteiger partial charge in [0.25, 0.3) is 0 Å². The van der Waals surface area contributed by atoms with Crippen LogP contribution in [-0.4, -0.2) is 49.7 Å². The number of nitrogens with one attached hydrogen (secondary N) is 1. The largest absolute Gasteiger partial charge is 0.466 e. The predicted molar refractivity (Wildman–Crippen MR) is 138 cm³/mol. The van der Waals surface area contributed by atoms with Gasteiger partial charge in [0.15, 0.2) is 5.78 Å². The topological polar surface area (TPSA) is 108 Å². The molecule has 1 atom stereocenters. The molecule has 1 amide bonds. The van der Waals surface area contributed by atoms with Gasteiger partial charge < -0.3 is 19.5 Å². The number of unbranched alkanes of at least 4 members (excludes halogenated alkanes) is 6. The van der Waals surface area contributed by atoms with Gasteiger partial charge in [0.1, 0.15) is 6.61 Å². The van der Waals surface area contributed by atoms with E-state index in [1.54, 1.807) is 0 Å². The highest BCUT2D eigenvalue weighted by molar-refractivity contribution is 5.96. The maximum Gasteiger partial charge on any atom is 0.407 e. The van der Waals surface area contributed by atoms with Gasteiger partial charge in [-0.1, -0.05) is 69.7 Å². The van der Waals surface area contributed by atoms with Crippen molar-refractivity contribution < 1.29 is 33.4 Å². The zero-order chi connectivity index (χ0) is 26.8. The van der Waals surface area contributed by atoms with Crippen molar-refractivity contribution in [2.75, 3.05) is 20.3 Å². The molecular weight excluding hydrogens is 462 g/mol. The van der Waals surface area contributed by atoms with Crippen LogP contribution in [0.4, 0.5) is 4.79 Å². The quantitative estimate of drug-likeness (QED) is 0.121. The van der Waals surface area contributed by atoms with Crippen molar-refractivity contribution in [3.8, 4) is 0 Å². The van der Waals surface area contributed by atoms with Crippen molar-refractivity contribution in [1.29, 1.82) is 0 Å². The lowest BCUT2D eigenvalue weighted by Crippen LogP contribution is -2.53. The minimum Gasteiger partial charge on any atom is -0.466 e. The molecule has 0 aliphatic heterocycles. The highest BCUT2D eigenvalue weighted by Crippen LogP contribution is 2.22. The Bertz CT molecular complexity index is 822. The number of hydrogen-bond acceptors (Lipinski definition) is 7. The van der Waals surface area contributed by atoms with Gasteiger partial charge in [-0.3, -0.25) is 14.4 Å². The van der Waals surface area contributed by atoms with E-state index >= 15 is 0 Å². The van der Waals surface area contributed by atoms with Crippen LogP contribution >= 0.6 is 0 Å². The van der Waals surface area contributed by atoms with Gasteiger partial charge in [0.2, 0.25) is 0 Å². The molecule has 0 aliphatic carbocycles. The van der Waals surface area contributed by atoms with Crippen LogP contribution in [0.5, 0.6) is 0 Å². The SMILES string of the molecule is CCCCCCCCCC(=O)c1ccc(CCC(CCOC(C)=O)(COC(C)=O)NC(=O)OC)cc1. The first-order chi connectivity index (χ1) is 17.2. The summed E-state index contributed by atoms with van der Waals surface area (Å²) in [6, 6.07) is 7.47. The van der Waals surface area contributed by atoms with Gasteiger partial charge in [-0.05, 0) is 24.8 Å². The Balaban J connectivity index is 2.74. The molecule has 0 saturated carbocycles. The Labute approximate surface area is 215 Å². The summed E-state index contributed by atoms with van der Waals surface area (Å²) in [5, 5.41) is 2.77. The number of methoxy groups -OCH3 is 1. The first-order valence-corrected chi connectivity index (χ1v) is 13.0. The lowest BCUT2D eigenvalue weighted by atomic mass is 9.88. The van der Waals surface area contributed by atoms with Gasteiger partial charge >= 0.3 is 18.0 Å². The van der Waals surface area contributed by atoms with Crippen LogP contribution in [0.3, 0.4) is 0 Å². The third kappa shape index (κ3) is 13.3. The summed E-state index contributed by atoms with van der Waals surface area (Å²) in [7, 11) is 1.25. The molecule has 36 heavy (non-hydrogen) atoms. The fourth-order valence-electron chi connectivity index (χ4n) is 3.96. The van der Waals surface area contributed by atoms with E-state index in [0.717, 1.165) is 18.4 Å². The zero-order valence-electron chi connectivity index (χ0n) is 22.4. The Morgan fingerprint density at radius 1 is 0.833 bits per heavy atom. The molecule has 1 rings (SSSR count). The van der Waals surface area contributed by atoms with Crippen LogP contribution in [0.25, 0.3) is 0 Å². The number of alkyl carbamates (subject to hydrolysis) is 1. The van der Waals surface area contributed by atoms with E-state index in [1.807, 2.05) is 24.3 Å². The van der Waals surface area contributed by atoms with Crippen LogP contribution in [0.1, 0.15) is 101 Å². The van der Waals surface area contributed by atoms with Gasteiger partial charge in [-0.15, -0.1) is 0 Å². The standard InChI is InChI=1S/C28H43NO7/c1-5-6-7-8-9-10-11-12-26(32)25-15-13-24(14-16-25)17-18-28(21-36-23(3)31,29-27(33)34-4)19-20-35-22(2)30/h13-16H,5-12,17-21H2,1-4H3,(H,29,33). The molecular formula is C28H43NO7. The molecule has 1 aromatic rings. The summed E-state index contributed by atoms with van der Waals surface area (Å²) in [5.41, 5.74) is 0.673. The van der Waals surface area contributed by atoms with Crippen LogP contribution in [0, 0.1) is 0 Å². The van der Waals surface area contributed by atoms with E-state index in [9.17, 15) is 19.2 Å². The molecule has 1 N–H and O–H groups in total. The number of esters is 2. The van der Waals surface area contributed by atoms with Gasteiger partial charge in [0.05, 0.1) is 19.3 Å². The molecule has 0 aliphatic rings. The first kappa shape index (κ1) is 31.1. The van der Waals surface area contributed by atoms with Crippen molar-refractivity contribution in [3.63, 3.8) is 0 Å². The maximum absolute atomic E-state index is 12.5. The predicted octanol–water partition coefficient (Wildman–Crippen LogP) is 5.55. The average molecular weight is 506 g/mol. The smallest absolute Gasteiger partial charge is 0.407 e. The summed E-state index contributed by atoms with van der Waals surface area (Å²) >= 11 is 0. The summed E-state index contributed by atoms with van der Waals surface area (Å²) in [6.45, 7) is 4.75. The number of carbonyl (C=O) groups is 4. The van der Waals surface area contributed by atoms with Crippen molar-refractivity contribution in [2.24, 2.45) is 0 Å². The molecule has 0 bridgehead atoms. The Morgan fingerprint density at radius 3 is 2.03 bits per heavy atom. The molecule has 0 aromatic heterocycles. The monoisotopic (exact) mass is 505 g/mol. The van der Waals surface area contributed by atoms with E-state index in [1.165, 1.54) is 53.1 Å². The molecule has 1 aromatic carbocycles. The van der Waals surface area contributed by atoms with E-state index < -0.39 is 23.6 Å². The lowest BCUT2D eigenvalue weighted by Gasteiger charge is -2.33. The van der Waals surface area contributed by atoms with Crippen LogP contribution in [-0.2, 0) is 30.2 Å². The molecule has 0 heterocycles. The minimum atomic E-state index is -0.986. The molecule has 202 valence electrons. The van der Waals surface area contributed by atoms with Gasteiger partial charge in [-0.25, -0.2) is 4.79 Å². The maximum atomic E-state index is 12.5. The van der Waals surface area contributed by atoms with Crippen LogP contribution in [0.15, 0.2) is 24.3 Å². The second kappa shape index (κ2) is 17.5. The molecule has 8 nitrogen and oxygen atoms in total. The molecule has 8 heteroatoms. The number of Topliss-reactive ketones (excluding diaryl/α,β-unsaturated/α-hetero) is 1. The van der Waals surface area contributed by atoms with E-state index in [2.05, 4.69) is 12.2 Å². The average Bonchev–Trinajstić information content (AvgIpc) is 2.85. The number of carbonyl (C=O) groups excluding carboxylic acids is 4. The number of benzene rings is 1. The summed E-state index contributed by atoms with van der Waals surface area (Å²) in [6.07, 6.45) is 9.26. The Kier molecular flexibility index (Phi) is 15.1. The third-order valence-corrected chi connectivity index (χ3v) is 6.17.